The number of ether oxygens (including phenoxy) is 1. The highest BCUT2D eigenvalue weighted by molar-refractivity contribution is 5.72. The van der Waals surface area contributed by atoms with Gasteiger partial charge in [0.05, 0.1) is 13.0 Å². The summed E-state index contributed by atoms with van der Waals surface area (Å²) in [6.07, 6.45) is 1.34. The maximum atomic E-state index is 12.9. The molecule has 2 nitrogen and oxygen atoms in total. The van der Waals surface area contributed by atoms with Crippen molar-refractivity contribution in [1.82, 2.24) is 0 Å². The van der Waals surface area contributed by atoms with Crippen LogP contribution in [0.4, 0.5) is 8.78 Å². The zero-order chi connectivity index (χ0) is 9.64. The summed E-state index contributed by atoms with van der Waals surface area (Å²) >= 11 is 0. The second kappa shape index (κ2) is 2.66. The first-order valence-corrected chi connectivity index (χ1v) is 4.53. The average Bonchev–Trinajstić information content (AvgIpc) is 2.68. The van der Waals surface area contributed by atoms with Gasteiger partial charge in [-0.25, -0.2) is 8.78 Å². The second-order valence-corrected chi connectivity index (χ2v) is 3.92. The number of carbonyl (C=O) groups excluding carboxylic acids is 1. The van der Waals surface area contributed by atoms with Gasteiger partial charge >= 0.3 is 5.97 Å². The molecule has 0 aromatic heterocycles. The summed E-state index contributed by atoms with van der Waals surface area (Å²) in [6.45, 7) is 0. The molecule has 2 fully saturated rings. The highest BCUT2D eigenvalue weighted by Crippen LogP contribution is 2.63. The fourth-order valence-electron chi connectivity index (χ4n) is 2.36. The van der Waals surface area contributed by atoms with E-state index in [2.05, 4.69) is 4.74 Å². The molecule has 2 aliphatic carbocycles. The number of carbonyl (C=O) groups is 1. The molecular weight excluding hydrogens is 178 g/mol. The molecule has 0 heterocycles. The van der Waals surface area contributed by atoms with Crippen molar-refractivity contribution >= 4 is 5.97 Å². The lowest BCUT2D eigenvalue weighted by Gasteiger charge is -2.16. The molecule has 13 heavy (non-hydrogen) atoms. The van der Waals surface area contributed by atoms with Crippen LogP contribution in [-0.2, 0) is 9.53 Å². The topological polar surface area (TPSA) is 26.3 Å². The Labute approximate surface area is 75.3 Å². The number of rotatable bonds is 1. The van der Waals surface area contributed by atoms with Gasteiger partial charge < -0.3 is 4.74 Å². The average molecular weight is 190 g/mol. The van der Waals surface area contributed by atoms with Crippen molar-refractivity contribution in [3.8, 4) is 0 Å². The predicted octanol–water partition coefficient (Wildman–Crippen LogP) is 1.84. The molecule has 2 aliphatic rings. The number of hydrogen-bond acceptors (Lipinski definition) is 2. The summed E-state index contributed by atoms with van der Waals surface area (Å²) < 4.78 is 30.3. The van der Waals surface area contributed by atoms with E-state index in [9.17, 15) is 13.6 Å². The van der Waals surface area contributed by atoms with Crippen molar-refractivity contribution in [2.75, 3.05) is 7.11 Å². The zero-order valence-corrected chi connectivity index (χ0v) is 7.43. The molecule has 4 heteroatoms. The van der Waals surface area contributed by atoms with Crippen LogP contribution < -0.4 is 0 Å². The van der Waals surface area contributed by atoms with E-state index in [0.717, 1.165) is 0 Å². The van der Waals surface area contributed by atoms with Crippen LogP contribution in [0.1, 0.15) is 19.3 Å². The maximum Gasteiger partial charge on any atom is 0.308 e. The highest BCUT2D eigenvalue weighted by atomic mass is 19.3. The van der Waals surface area contributed by atoms with E-state index >= 15 is 0 Å². The van der Waals surface area contributed by atoms with Crippen LogP contribution in [0, 0.1) is 17.8 Å². The second-order valence-electron chi connectivity index (χ2n) is 3.92. The van der Waals surface area contributed by atoms with Gasteiger partial charge in [0.25, 0.3) is 5.92 Å². The minimum atomic E-state index is -2.50. The first-order valence-electron chi connectivity index (χ1n) is 4.53. The molecule has 0 spiro atoms. The van der Waals surface area contributed by atoms with Gasteiger partial charge in [0, 0.05) is 11.8 Å². The van der Waals surface area contributed by atoms with Crippen molar-refractivity contribution < 1.29 is 18.3 Å². The Morgan fingerprint density at radius 2 is 2.08 bits per heavy atom. The van der Waals surface area contributed by atoms with Crippen LogP contribution in [0.2, 0.25) is 0 Å². The van der Waals surface area contributed by atoms with Gasteiger partial charge in [0.1, 0.15) is 0 Å². The van der Waals surface area contributed by atoms with E-state index in [1.165, 1.54) is 7.11 Å². The zero-order valence-electron chi connectivity index (χ0n) is 7.43. The van der Waals surface area contributed by atoms with Crippen LogP contribution in [0.15, 0.2) is 0 Å². The van der Waals surface area contributed by atoms with E-state index in [-0.39, 0.29) is 11.9 Å². The normalized spacial score (nSPS) is 40.7. The quantitative estimate of drug-likeness (QED) is 0.590. The third kappa shape index (κ3) is 1.23. The van der Waals surface area contributed by atoms with E-state index in [0.29, 0.717) is 19.3 Å². The molecule has 74 valence electrons. The van der Waals surface area contributed by atoms with Gasteiger partial charge in [-0.1, -0.05) is 0 Å². The minimum absolute atomic E-state index is 0.292. The number of esters is 1. The van der Waals surface area contributed by atoms with Crippen LogP contribution >= 0.6 is 0 Å². The number of hydrogen-bond donors (Lipinski definition) is 0. The minimum Gasteiger partial charge on any atom is -0.469 e. The van der Waals surface area contributed by atoms with Crippen LogP contribution in [-0.4, -0.2) is 19.0 Å². The van der Waals surface area contributed by atoms with Crippen molar-refractivity contribution in [2.45, 2.75) is 25.2 Å². The summed E-state index contributed by atoms with van der Waals surface area (Å²) in [5.41, 5.74) is 0. The van der Waals surface area contributed by atoms with Gasteiger partial charge in [-0.3, -0.25) is 4.79 Å². The largest absolute Gasteiger partial charge is 0.469 e. The Bertz CT molecular complexity index is 240. The smallest absolute Gasteiger partial charge is 0.308 e. The molecule has 3 unspecified atom stereocenters. The summed E-state index contributed by atoms with van der Waals surface area (Å²) in [4.78, 5) is 11.1. The summed E-state index contributed by atoms with van der Waals surface area (Å²) in [5, 5.41) is 0. The van der Waals surface area contributed by atoms with Crippen LogP contribution in [0.5, 0.6) is 0 Å². The van der Waals surface area contributed by atoms with Crippen molar-refractivity contribution in [3.05, 3.63) is 0 Å². The predicted molar refractivity (Wildman–Crippen MR) is 41.3 cm³/mol. The Hall–Kier alpha value is -0.670. The number of halogens is 2. The lowest BCUT2D eigenvalue weighted by Crippen LogP contribution is -2.20. The molecule has 0 aromatic carbocycles. The molecule has 0 aliphatic heterocycles. The SMILES string of the molecule is COC(=O)C1CCC2C(C1)C2(F)F. The highest BCUT2D eigenvalue weighted by Gasteiger charge is 2.69. The maximum absolute atomic E-state index is 12.9. The molecular formula is C9H12F2O2. The molecule has 0 aromatic rings. The van der Waals surface area contributed by atoms with Crippen LogP contribution in [0.25, 0.3) is 0 Å². The van der Waals surface area contributed by atoms with Crippen molar-refractivity contribution in [3.63, 3.8) is 0 Å². The van der Waals surface area contributed by atoms with E-state index < -0.39 is 17.8 Å². The Kier molecular flexibility index (Phi) is 1.82. The molecule has 0 amide bonds. The van der Waals surface area contributed by atoms with E-state index in [1.54, 1.807) is 0 Å². The molecule has 0 radical (unpaired) electrons. The third-order valence-electron chi connectivity index (χ3n) is 3.26. The standard InChI is InChI=1S/C9H12F2O2/c1-13-8(12)5-2-3-6-7(4-5)9(6,10)11/h5-7H,2-4H2,1H3. The summed E-state index contributed by atoms with van der Waals surface area (Å²) in [7, 11) is 1.31. The number of alkyl halides is 2. The Morgan fingerprint density at radius 3 is 2.62 bits per heavy atom. The van der Waals surface area contributed by atoms with Crippen molar-refractivity contribution in [1.29, 1.82) is 0 Å². The van der Waals surface area contributed by atoms with E-state index in [1.807, 2.05) is 0 Å². The molecule has 0 bridgehead atoms. The monoisotopic (exact) mass is 190 g/mol. The first kappa shape index (κ1) is 8.91. The Balaban J connectivity index is 1.97. The molecule has 2 saturated carbocycles. The first-order chi connectivity index (χ1) is 6.07. The number of fused-ring (bicyclic) bond motifs is 1. The van der Waals surface area contributed by atoms with Crippen LogP contribution in [0.3, 0.4) is 0 Å². The summed E-state index contributed by atoms with van der Waals surface area (Å²) in [6, 6.07) is 0. The lowest BCUT2D eigenvalue weighted by molar-refractivity contribution is -0.146. The fourth-order valence-corrected chi connectivity index (χ4v) is 2.36. The van der Waals surface area contributed by atoms with Gasteiger partial charge in [-0.2, -0.15) is 0 Å². The lowest BCUT2D eigenvalue weighted by atomic mass is 9.89. The summed E-state index contributed by atoms with van der Waals surface area (Å²) in [5.74, 6) is -4.12. The fraction of sp³-hybridized carbons (Fsp3) is 0.889. The van der Waals surface area contributed by atoms with Crippen molar-refractivity contribution in [2.24, 2.45) is 17.8 Å². The molecule has 3 atom stereocenters. The van der Waals surface area contributed by atoms with Gasteiger partial charge in [0.15, 0.2) is 0 Å². The molecule has 0 saturated heterocycles. The molecule has 2 rings (SSSR count). The molecule has 0 N–H and O–H groups in total. The number of methoxy groups -OCH3 is 1. The third-order valence-corrected chi connectivity index (χ3v) is 3.26. The van der Waals surface area contributed by atoms with Gasteiger partial charge in [-0.15, -0.1) is 0 Å². The van der Waals surface area contributed by atoms with Gasteiger partial charge in [-0.05, 0) is 19.3 Å². The van der Waals surface area contributed by atoms with Gasteiger partial charge in [0.2, 0.25) is 0 Å². The van der Waals surface area contributed by atoms with E-state index in [4.69, 9.17) is 0 Å². The Morgan fingerprint density at radius 1 is 1.38 bits per heavy atom.